The molecule has 0 bridgehead atoms. The van der Waals surface area contributed by atoms with Crippen molar-refractivity contribution >= 4 is 22.5 Å². The van der Waals surface area contributed by atoms with Crippen LogP contribution in [0.2, 0.25) is 0 Å². The topological polar surface area (TPSA) is 12.0 Å². The first kappa shape index (κ1) is 13.0. The van der Waals surface area contributed by atoms with E-state index in [1.807, 2.05) is 11.8 Å². The highest BCUT2D eigenvalue weighted by molar-refractivity contribution is 7.99. The quantitative estimate of drug-likeness (QED) is 0.620. The van der Waals surface area contributed by atoms with Gasteiger partial charge in [-0.05, 0) is 48.6 Å². The lowest BCUT2D eigenvalue weighted by Crippen LogP contribution is -2.29. The molecular weight excluding hydrogens is 250 g/mol. The van der Waals surface area contributed by atoms with Crippen molar-refractivity contribution in [3.63, 3.8) is 0 Å². The monoisotopic (exact) mass is 271 g/mol. The molecule has 3 rings (SSSR count). The molecule has 1 unspecified atom stereocenters. The third-order valence-electron chi connectivity index (χ3n) is 3.89. The lowest BCUT2D eigenvalue weighted by Gasteiger charge is -2.12. The van der Waals surface area contributed by atoms with E-state index >= 15 is 0 Å². The number of rotatable bonds is 6. The number of hydrogen-bond donors (Lipinski definition) is 1. The molecular formula is C17H21NS. The van der Waals surface area contributed by atoms with Crippen molar-refractivity contribution in [2.24, 2.45) is 5.92 Å². The van der Waals surface area contributed by atoms with Crippen LogP contribution >= 0.6 is 11.8 Å². The number of thioether (sulfide) groups is 1. The Morgan fingerprint density at radius 2 is 1.95 bits per heavy atom. The van der Waals surface area contributed by atoms with Gasteiger partial charge >= 0.3 is 0 Å². The van der Waals surface area contributed by atoms with Crippen LogP contribution in [0.25, 0.3) is 10.8 Å². The Hall–Kier alpha value is -0.990. The van der Waals surface area contributed by atoms with Gasteiger partial charge < -0.3 is 5.32 Å². The van der Waals surface area contributed by atoms with E-state index in [1.165, 1.54) is 28.5 Å². The Morgan fingerprint density at radius 1 is 1.16 bits per heavy atom. The van der Waals surface area contributed by atoms with E-state index in [1.54, 1.807) is 0 Å². The molecule has 2 aromatic rings. The van der Waals surface area contributed by atoms with Crippen LogP contribution in [0, 0.1) is 5.92 Å². The predicted molar refractivity (Wildman–Crippen MR) is 84.9 cm³/mol. The predicted octanol–water partition coefficient (Wildman–Crippen LogP) is 4.32. The second-order valence-corrected chi connectivity index (χ2v) is 6.61. The fraction of sp³-hybridized carbons (Fsp3) is 0.412. The molecule has 0 radical (unpaired) electrons. The van der Waals surface area contributed by atoms with Gasteiger partial charge in [0.2, 0.25) is 0 Å². The SMILES string of the molecule is CC(NCCSc1ccc2ccccc2c1)C1CC1. The van der Waals surface area contributed by atoms with Crippen LogP contribution in [0.3, 0.4) is 0 Å². The van der Waals surface area contributed by atoms with Crippen molar-refractivity contribution in [1.29, 1.82) is 0 Å². The number of hydrogen-bond acceptors (Lipinski definition) is 2. The molecule has 0 amide bonds. The number of nitrogens with one attached hydrogen (secondary N) is 1. The third-order valence-corrected chi connectivity index (χ3v) is 4.88. The van der Waals surface area contributed by atoms with Gasteiger partial charge in [0.15, 0.2) is 0 Å². The van der Waals surface area contributed by atoms with Crippen molar-refractivity contribution in [2.45, 2.75) is 30.7 Å². The molecule has 1 atom stereocenters. The van der Waals surface area contributed by atoms with Crippen LogP contribution in [0.5, 0.6) is 0 Å². The molecule has 2 aromatic carbocycles. The van der Waals surface area contributed by atoms with Crippen molar-refractivity contribution in [2.75, 3.05) is 12.3 Å². The van der Waals surface area contributed by atoms with E-state index in [4.69, 9.17) is 0 Å². The van der Waals surface area contributed by atoms with E-state index in [9.17, 15) is 0 Å². The second kappa shape index (κ2) is 5.98. The van der Waals surface area contributed by atoms with Crippen LogP contribution in [0.1, 0.15) is 19.8 Å². The highest BCUT2D eigenvalue weighted by Crippen LogP contribution is 2.32. The maximum absolute atomic E-state index is 3.63. The van der Waals surface area contributed by atoms with Gasteiger partial charge in [0, 0.05) is 23.2 Å². The van der Waals surface area contributed by atoms with Crippen molar-refractivity contribution in [1.82, 2.24) is 5.32 Å². The molecule has 0 spiro atoms. The Balaban J connectivity index is 1.50. The fourth-order valence-electron chi connectivity index (χ4n) is 2.48. The normalized spacial score (nSPS) is 16.7. The molecule has 1 N–H and O–H groups in total. The van der Waals surface area contributed by atoms with Gasteiger partial charge in [0.25, 0.3) is 0 Å². The van der Waals surface area contributed by atoms with E-state index < -0.39 is 0 Å². The Labute approximate surface area is 119 Å². The van der Waals surface area contributed by atoms with Crippen molar-refractivity contribution in [3.8, 4) is 0 Å². The minimum absolute atomic E-state index is 0.706. The van der Waals surface area contributed by atoms with Gasteiger partial charge in [0.05, 0.1) is 0 Å². The minimum Gasteiger partial charge on any atom is -0.313 e. The molecule has 1 nitrogen and oxygen atoms in total. The molecule has 0 heterocycles. The van der Waals surface area contributed by atoms with Gasteiger partial charge in [-0.2, -0.15) is 0 Å². The zero-order valence-corrected chi connectivity index (χ0v) is 12.2. The van der Waals surface area contributed by atoms with Gasteiger partial charge in [-0.1, -0.05) is 30.3 Å². The third kappa shape index (κ3) is 3.52. The summed E-state index contributed by atoms with van der Waals surface area (Å²) >= 11 is 1.95. The first-order valence-corrected chi connectivity index (χ1v) is 8.16. The molecule has 0 aliphatic heterocycles. The van der Waals surface area contributed by atoms with Crippen molar-refractivity contribution < 1.29 is 0 Å². The molecule has 1 aliphatic carbocycles. The zero-order chi connectivity index (χ0) is 13.1. The Morgan fingerprint density at radius 3 is 2.74 bits per heavy atom. The molecule has 2 heteroatoms. The van der Waals surface area contributed by atoms with E-state index in [-0.39, 0.29) is 0 Å². The Bertz CT molecular complexity index is 548. The zero-order valence-electron chi connectivity index (χ0n) is 11.4. The summed E-state index contributed by atoms with van der Waals surface area (Å²) in [7, 11) is 0. The van der Waals surface area contributed by atoms with Gasteiger partial charge in [-0.3, -0.25) is 0 Å². The highest BCUT2D eigenvalue weighted by Gasteiger charge is 2.27. The van der Waals surface area contributed by atoms with Gasteiger partial charge in [-0.25, -0.2) is 0 Å². The Kier molecular flexibility index (Phi) is 4.09. The molecule has 1 fully saturated rings. The first-order valence-electron chi connectivity index (χ1n) is 7.18. The molecule has 0 aromatic heterocycles. The maximum atomic E-state index is 3.63. The largest absolute Gasteiger partial charge is 0.313 e. The molecule has 1 aliphatic rings. The number of benzene rings is 2. The standard InChI is InChI=1S/C17H21NS/c1-13(14-6-7-14)18-10-11-19-17-9-8-15-4-2-3-5-16(15)12-17/h2-5,8-9,12-14,18H,6-7,10-11H2,1H3. The van der Waals surface area contributed by atoms with Crippen LogP contribution in [-0.2, 0) is 0 Å². The summed E-state index contributed by atoms with van der Waals surface area (Å²) in [6.45, 7) is 3.42. The van der Waals surface area contributed by atoms with Crippen LogP contribution < -0.4 is 5.32 Å². The van der Waals surface area contributed by atoms with Crippen molar-refractivity contribution in [3.05, 3.63) is 42.5 Å². The summed E-state index contributed by atoms with van der Waals surface area (Å²) in [5, 5.41) is 6.30. The lowest BCUT2D eigenvalue weighted by atomic mass is 10.1. The van der Waals surface area contributed by atoms with Gasteiger partial charge in [0.1, 0.15) is 0 Å². The average Bonchev–Trinajstić information content (AvgIpc) is 3.28. The summed E-state index contributed by atoms with van der Waals surface area (Å²) in [6, 6.07) is 16.0. The molecule has 100 valence electrons. The summed E-state index contributed by atoms with van der Waals surface area (Å²) in [5.41, 5.74) is 0. The smallest absolute Gasteiger partial charge is 0.0106 e. The summed E-state index contributed by atoms with van der Waals surface area (Å²) in [6.07, 6.45) is 2.85. The van der Waals surface area contributed by atoms with Crippen LogP contribution in [-0.4, -0.2) is 18.3 Å². The minimum atomic E-state index is 0.706. The summed E-state index contributed by atoms with van der Waals surface area (Å²) in [5.74, 6) is 2.10. The van der Waals surface area contributed by atoms with E-state index in [0.29, 0.717) is 6.04 Å². The lowest BCUT2D eigenvalue weighted by molar-refractivity contribution is 0.514. The van der Waals surface area contributed by atoms with Gasteiger partial charge in [-0.15, -0.1) is 11.8 Å². The molecule has 0 saturated heterocycles. The molecule has 19 heavy (non-hydrogen) atoms. The maximum Gasteiger partial charge on any atom is 0.0106 e. The highest BCUT2D eigenvalue weighted by atomic mass is 32.2. The molecule has 1 saturated carbocycles. The number of fused-ring (bicyclic) bond motifs is 1. The van der Waals surface area contributed by atoms with E-state index in [0.717, 1.165) is 18.2 Å². The average molecular weight is 271 g/mol. The van der Waals surface area contributed by atoms with Crippen LogP contribution in [0.15, 0.2) is 47.4 Å². The fourth-order valence-corrected chi connectivity index (χ4v) is 3.31. The summed E-state index contributed by atoms with van der Waals surface area (Å²) < 4.78 is 0. The van der Waals surface area contributed by atoms with E-state index in [2.05, 4.69) is 54.7 Å². The van der Waals surface area contributed by atoms with Crippen LogP contribution in [0.4, 0.5) is 0 Å². The summed E-state index contributed by atoms with van der Waals surface area (Å²) in [4.78, 5) is 1.37. The second-order valence-electron chi connectivity index (χ2n) is 5.44. The first-order chi connectivity index (χ1) is 9.33.